The van der Waals surface area contributed by atoms with Crippen LogP contribution in [0, 0.1) is 0 Å². The van der Waals surface area contributed by atoms with Crippen LogP contribution in [0.4, 0.5) is 0 Å². The van der Waals surface area contributed by atoms with E-state index in [-0.39, 0.29) is 5.97 Å². The summed E-state index contributed by atoms with van der Waals surface area (Å²) in [7, 11) is 4.00. The van der Waals surface area contributed by atoms with Crippen LogP contribution in [0.5, 0.6) is 0 Å². The second-order valence-corrected chi connectivity index (χ2v) is 2.97. The van der Waals surface area contributed by atoms with Gasteiger partial charge in [0.1, 0.15) is 0 Å². The Hall–Kier alpha value is -0.830. The van der Waals surface area contributed by atoms with Crippen molar-refractivity contribution in [2.45, 2.75) is 19.4 Å². The van der Waals surface area contributed by atoms with Gasteiger partial charge < -0.3 is 9.64 Å². The third-order valence-electron chi connectivity index (χ3n) is 1.83. The molecule has 1 atom stereocenters. The minimum Gasteiger partial charge on any atom is -0.462 e. The van der Waals surface area contributed by atoms with Crippen LogP contribution in [-0.2, 0) is 9.53 Å². The first-order chi connectivity index (χ1) is 5.57. The molecule has 0 N–H and O–H groups in total. The van der Waals surface area contributed by atoms with Gasteiger partial charge in [-0.2, -0.15) is 0 Å². The van der Waals surface area contributed by atoms with Crippen LogP contribution in [0.25, 0.3) is 0 Å². The molecule has 0 aromatic rings. The maximum Gasteiger partial charge on any atom is 0.330 e. The quantitative estimate of drug-likeness (QED) is 0.457. The predicted octanol–water partition coefficient (Wildman–Crippen LogP) is 1.06. The van der Waals surface area contributed by atoms with E-state index >= 15 is 0 Å². The number of rotatable bonds is 5. The fourth-order valence-corrected chi connectivity index (χ4v) is 0.647. The SMILES string of the molecule is C=CC(=O)OCCC(C)N(C)C. The van der Waals surface area contributed by atoms with Crippen molar-refractivity contribution in [3.63, 3.8) is 0 Å². The van der Waals surface area contributed by atoms with Gasteiger partial charge in [-0.05, 0) is 27.4 Å². The number of carbonyl (C=O) groups is 1. The molecule has 3 heteroatoms. The first-order valence-corrected chi connectivity index (χ1v) is 4.03. The minimum atomic E-state index is -0.346. The highest BCUT2D eigenvalue weighted by atomic mass is 16.5. The van der Waals surface area contributed by atoms with Crippen LogP contribution in [-0.4, -0.2) is 37.6 Å². The lowest BCUT2D eigenvalue weighted by molar-refractivity contribution is -0.138. The molecule has 0 saturated heterocycles. The second kappa shape index (κ2) is 5.77. The Kier molecular flexibility index (Phi) is 5.37. The van der Waals surface area contributed by atoms with Crippen LogP contribution >= 0.6 is 0 Å². The molecule has 0 aliphatic rings. The fourth-order valence-electron chi connectivity index (χ4n) is 0.647. The highest BCUT2D eigenvalue weighted by Gasteiger charge is 2.04. The number of carbonyl (C=O) groups excluding carboxylic acids is 1. The van der Waals surface area contributed by atoms with Crippen molar-refractivity contribution >= 4 is 5.97 Å². The molecule has 0 aliphatic heterocycles. The van der Waals surface area contributed by atoms with Gasteiger partial charge in [0.15, 0.2) is 0 Å². The lowest BCUT2D eigenvalue weighted by Crippen LogP contribution is -2.26. The average molecular weight is 171 g/mol. The first-order valence-electron chi connectivity index (χ1n) is 4.03. The van der Waals surface area contributed by atoms with Gasteiger partial charge in [0, 0.05) is 12.1 Å². The maximum atomic E-state index is 10.6. The normalized spacial score (nSPS) is 12.7. The summed E-state index contributed by atoms with van der Waals surface area (Å²) in [5.41, 5.74) is 0. The summed E-state index contributed by atoms with van der Waals surface area (Å²) in [5, 5.41) is 0. The molecule has 1 unspecified atom stereocenters. The van der Waals surface area contributed by atoms with Crippen molar-refractivity contribution in [1.82, 2.24) is 4.90 Å². The van der Waals surface area contributed by atoms with Crippen molar-refractivity contribution in [1.29, 1.82) is 0 Å². The molecular weight excluding hydrogens is 154 g/mol. The Morgan fingerprint density at radius 3 is 2.67 bits per heavy atom. The molecule has 0 radical (unpaired) electrons. The van der Waals surface area contributed by atoms with Crippen LogP contribution in [0.3, 0.4) is 0 Å². The Labute approximate surface area is 74.0 Å². The van der Waals surface area contributed by atoms with Gasteiger partial charge >= 0.3 is 5.97 Å². The zero-order valence-electron chi connectivity index (χ0n) is 8.04. The Morgan fingerprint density at radius 1 is 1.67 bits per heavy atom. The van der Waals surface area contributed by atoms with Crippen LogP contribution in [0.2, 0.25) is 0 Å². The summed E-state index contributed by atoms with van der Waals surface area (Å²) in [6.45, 7) is 5.86. The smallest absolute Gasteiger partial charge is 0.330 e. The van der Waals surface area contributed by atoms with Crippen molar-refractivity contribution < 1.29 is 9.53 Å². The number of hydrogen-bond acceptors (Lipinski definition) is 3. The standard InChI is InChI=1S/C9H17NO2/c1-5-9(11)12-7-6-8(2)10(3)4/h5,8H,1,6-7H2,2-4H3. The second-order valence-electron chi connectivity index (χ2n) is 2.97. The molecular formula is C9H17NO2. The summed E-state index contributed by atoms with van der Waals surface area (Å²) in [5.74, 6) is -0.346. The summed E-state index contributed by atoms with van der Waals surface area (Å²) in [6, 6.07) is 0.433. The maximum absolute atomic E-state index is 10.6. The van der Waals surface area contributed by atoms with E-state index in [1.165, 1.54) is 6.08 Å². The van der Waals surface area contributed by atoms with E-state index in [4.69, 9.17) is 4.74 Å². The molecule has 0 saturated carbocycles. The van der Waals surface area contributed by atoms with E-state index in [1.807, 2.05) is 14.1 Å². The largest absolute Gasteiger partial charge is 0.462 e. The summed E-state index contributed by atoms with van der Waals surface area (Å²) >= 11 is 0. The Morgan fingerprint density at radius 2 is 2.25 bits per heavy atom. The van der Waals surface area contributed by atoms with Gasteiger partial charge in [0.25, 0.3) is 0 Å². The van der Waals surface area contributed by atoms with E-state index in [9.17, 15) is 4.79 Å². The van der Waals surface area contributed by atoms with Gasteiger partial charge in [0.05, 0.1) is 6.61 Å². The molecule has 0 aromatic carbocycles. The predicted molar refractivity (Wildman–Crippen MR) is 48.9 cm³/mol. The molecule has 0 aliphatic carbocycles. The zero-order valence-corrected chi connectivity index (χ0v) is 8.04. The Bertz CT molecular complexity index is 155. The van der Waals surface area contributed by atoms with Gasteiger partial charge in [-0.3, -0.25) is 0 Å². The highest BCUT2D eigenvalue weighted by Crippen LogP contribution is 1.98. The van der Waals surface area contributed by atoms with E-state index in [1.54, 1.807) is 0 Å². The third-order valence-corrected chi connectivity index (χ3v) is 1.83. The third kappa shape index (κ3) is 4.91. The summed E-state index contributed by atoms with van der Waals surface area (Å²) in [6.07, 6.45) is 2.03. The molecule has 0 aromatic heterocycles. The number of esters is 1. The average Bonchev–Trinajstić information content (AvgIpc) is 2.03. The topological polar surface area (TPSA) is 29.5 Å². The molecule has 0 bridgehead atoms. The van der Waals surface area contributed by atoms with Crippen LogP contribution < -0.4 is 0 Å². The summed E-state index contributed by atoms with van der Waals surface area (Å²) < 4.78 is 4.83. The van der Waals surface area contributed by atoms with Gasteiger partial charge in [-0.1, -0.05) is 6.58 Å². The van der Waals surface area contributed by atoms with Gasteiger partial charge in [0.2, 0.25) is 0 Å². The number of hydrogen-bond donors (Lipinski definition) is 0. The summed E-state index contributed by atoms with van der Waals surface area (Å²) in [4.78, 5) is 12.7. The number of nitrogens with zero attached hydrogens (tertiary/aromatic N) is 1. The van der Waals surface area contributed by atoms with Crippen LogP contribution in [0.15, 0.2) is 12.7 Å². The highest BCUT2D eigenvalue weighted by molar-refractivity contribution is 5.81. The van der Waals surface area contributed by atoms with Crippen molar-refractivity contribution in [2.24, 2.45) is 0 Å². The molecule has 0 spiro atoms. The van der Waals surface area contributed by atoms with E-state index in [0.29, 0.717) is 12.6 Å². The molecule has 0 fully saturated rings. The lowest BCUT2D eigenvalue weighted by Gasteiger charge is -2.18. The van der Waals surface area contributed by atoms with E-state index < -0.39 is 0 Å². The molecule has 0 rings (SSSR count). The van der Waals surface area contributed by atoms with E-state index in [0.717, 1.165) is 6.42 Å². The molecule has 0 heterocycles. The minimum absolute atomic E-state index is 0.346. The molecule has 12 heavy (non-hydrogen) atoms. The fraction of sp³-hybridized carbons (Fsp3) is 0.667. The zero-order chi connectivity index (χ0) is 9.56. The van der Waals surface area contributed by atoms with E-state index in [2.05, 4.69) is 18.4 Å². The van der Waals surface area contributed by atoms with Crippen LogP contribution in [0.1, 0.15) is 13.3 Å². The molecule has 70 valence electrons. The first kappa shape index (κ1) is 11.2. The van der Waals surface area contributed by atoms with Crippen molar-refractivity contribution in [3.8, 4) is 0 Å². The van der Waals surface area contributed by atoms with Gasteiger partial charge in [-0.25, -0.2) is 4.79 Å². The number of ether oxygens (including phenoxy) is 1. The van der Waals surface area contributed by atoms with Crippen molar-refractivity contribution in [2.75, 3.05) is 20.7 Å². The Balaban J connectivity index is 3.43. The molecule has 3 nitrogen and oxygen atoms in total. The monoisotopic (exact) mass is 171 g/mol. The lowest BCUT2D eigenvalue weighted by atomic mass is 10.2. The van der Waals surface area contributed by atoms with Crippen molar-refractivity contribution in [3.05, 3.63) is 12.7 Å². The molecule has 0 amide bonds. The van der Waals surface area contributed by atoms with Gasteiger partial charge in [-0.15, -0.1) is 0 Å².